The third-order valence-electron chi connectivity index (χ3n) is 5.22. The van der Waals surface area contributed by atoms with E-state index in [0.29, 0.717) is 17.8 Å². The number of piperazine rings is 1. The minimum Gasteiger partial charge on any atom is -0.331 e. The van der Waals surface area contributed by atoms with Crippen molar-refractivity contribution in [2.45, 2.75) is 18.5 Å². The largest absolute Gasteiger partial charge is 0.331 e. The molecule has 122 valence electrons. The summed E-state index contributed by atoms with van der Waals surface area (Å²) in [6, 6.07) is 6.82. The molecule has 5 rings (SSSR count). The van der Waals surface area contributed by atoms with Crippen LogP contribution in [0, 0.1) is 0 Å². The molecule has 2 fully saturated rings. The van der Waals surface area contributed by atoms with Crippen molar-refractivity contribution in [3.8, 4) is 10.6 Å². The molecule has 0 saturated carbocycles. The number of aromatic amines is 1. The fraction of sp³-hybridized carbons (Fsp3) is 0.353. The Kier molecular flexibility index (Phi) is 3.01. The number of carbonyl (C=O) groups excluding carboxylic acids is 1. The minimum absolute atomic E-state index is 0.0399. The van der Waals surface area contributed by atoms with Crippen LogP contribution in [-0.4, -0.2) is 63.1 Å². The molecule has 2 bridgehead atoms. The molecule has 7 heteroatoms. The highest BCUT2D eigenvalue weighted by Crippen LogP contribution is 2.32. The monoisotopic (exact) mass is 339 g/mol. The van der Waals surface area contributed by atoms with Gasteiger partial charge in [-0.15, -0.1) is 11.3 Å². The normalized spacial score (nSPS) is 23.5. The summed E-state index contributed by atoms with van der Waals surface area (Å²) in [4.78, 5) is 21.7. The maximum atomic E-state index is 13.0. The minimum atomic E-state index is 0.0399. The van der Waals surface area contributed by atoms with Gasteiger partial charge in [-0.05, 0) is 31.7 Å². The van der Waals surface area contributed by atoms with Crippen LogP contribution in [0.3, 0.4) is 0 Å². The Balaban J connectivity index is 1.53. The van der Waals surface area contributed by atoms with Crippen LogP contribution in [0.1, 0.15) is 16.9 Å². The van der Waals surface area contributed by atoms with Crippen LogP contribution < -0.4 is 0 Å². The van der Waals surface area contributed by atoms with Crippen molar-refractivity contribution in [3.05, 3.63) is 35.5 Å². The number of nitrogens with one attached hydrogen (secondary N) is 1. The highest BCUT2D eigenvalue weighted by atomic mass is 32.1. The van der Waals surface area contributed by atoms with Crippen LogP contribution >= 0.6 is 11.3 Å². The number of amides is 1. The standard InChI is InChI=1S/C17H17N5OS/c1-21-8-12-7-11(21)9-22(12)17(23)15-13-6-10(16-18-4-5-24-16)2-3-14(13)19-20-15/h2-6,11-12H,7-9H2,1H3,(H,19,20). The highest BCUT2D eigenvalue weighted by molar-refractivity contribution is 7.13. The lowest BCUT2D eigenvalue weighted by molar-refractivity contribution is 0.0646. The molecule has 2 saturated heterocycles. The van der Waals surface area contributed by atoms with Gasteiger partial charge in [0, 0.05) is 47.7 Å². The first-order chi connectivity index (χ1) is 11.7. The Labute approximate surface area is 143 Å². The first kappa shape index (κ1) is 14.1. The van der Waals surface area contributed by atoms with Gasteiger partial charge in [0.05, 0.1) is 5.52 Å². The van der Waals surface area contributed by atoms with Crippen LogP contribution in [0.15, 0.2) is 29.8 Å². The number of fused-ring (bicyclic) bond motifs is 3. The van der Waals surface area contributed by atoms with Crippen molar-refractivity contribution in [1.82, 2.24) is 25.0 Å². The fourth-order valence-electron chi connectivity index (χ4n) is 3.93. The number of aromatic nitrogens is 3. The number of hydrogen-bond donors (Lipinski definition) is 1. The van der Waals surface area contributed by atoms with Gasteiger partial charge in [0.25, 0.3) is 5.91 Å². The number of likely N-dealkylation sites (N-methyl/N-ethyl adjacent to an activating group) is 1. The molecule has 24 heavy (non-hydrogen) atoms. The number of nitrogens with zero attached hydrogens (tertiary/aromatic N) is 4. The van der Waals surface area contributed by atoms with E-state index in [1.807, 2.05) is 28.5 Å². The van der Waals surface area contributed by atoms with Crippen molar-refractivity contribution in [3.63, 3.8) is 0 Å². The molecule has 1 aromatic carbocycles. The van der Waals surface area contributed by atoms with E-state index in [4.69, 9.17) is 0 Å². The fourth-order valence-corrected chi connectivity index (χ4v) is 4.56. The lowest BCUT2D eigenvalue weighted by Gasteiger charge is -2.31. The van der Waals surface area contributed by atoms with E-state index in [-0.39, 0.29) is 5.91 Å². The molecule has 2 aromatic heterocycles. The molecule has 4 heterocycles. The number of rotatable bonds is 2. The zero-order chi connectivity index (χ0) is 16.3. The van der Waals surface area contributed by atoms with Crippen molar-refractivity contribution >= 4 is 28.1 Å². The molecular formula is C17H17N5OS. The Morgan fingerprint density at radius 3 is 2.96 bits per heavy atom. The average Bonchev–Trinajstić information content (AvgIpc) is 3.35. The lowest BCUT2D eigenvalue weighted by Crippen LogP contribution is -2.47. The van der Waals surface area contributed by atoms with Crippen molar-refractivity contribution < 1.29 is 4.79 Å². The summed E-state index contributed by atoms with van der Waals surface area (Å²) >= 11 is 1.59. The van der Waals surface area contributed by atoms with Crippen LogP contribution in [0.5, 0.6) is 0 Å². The predicted molar refractivity (Wildman–Crippen MR) is 93.1 cm³/mol. The van der Waals surface area contributed by atoms with Crippen LogP contribution in [0.25, 0.3) is 21.5 Å². The highest BCUT2D eigenvalue weighted by Gasteiger charge is 2.44. The van der Waals surface area contributed by atoms with Gasteiger partial charge in [-0.2, -0.15) is 5.10 Å². The van der Waals surface area contributed by atoms with E-state index in [1.54, 1.807) is 17.5 Å². The quantitative estimate of drug-likeness (QED) is 0.777. The summed E-state index contributed by atoms with van der Waals surface area (Å²) in [6.45, 7) is 1.77. The topological polar surface area (TPSA) is 65.1 Å². The van der Waals surface area contributed by atoms with E-state index in [2.05, 4.69) is 27.1 Å². The first-order valence-corrected chi connectivity index (χ1v) is 8.98. The van der Waals surface area contributed by atoms with E-state index >= 15 is 0 Å². The number of benzene rings is 1. The van der Waals surface area contributed by atoms with Crippen LogP contribution in [0.4, 0.5) is 0 Å². The number of carbonyl (C=O) groups is 1. The predicted octanol–water partition coefficient (Wildman–Crippen LogP) is 2.21. The zero-order valence-electron chi connectivity index (χ0n) is 13.3. The second-order valence-corrected chi connectivity index (χ2v) is 7.50. The van der Waals surface area contributed by atoms with Gasteiger partial charge < -0.3 is 4.90 Å². The smallest absolute Gasteiger partial charge is 0.275 e. The summed E-state index contributed by atoms with van der Waals surface area (Å²) in [5.74, 6) is 0.0399. The maximum absolute atomic E-state index is 13.0. The third-order valence-corrected chi connectivity index (χ3v) is 6.04. The molecule has 1 N–H and O–H groups in total. The number of likely N-dealkylation sites (tertiary alicyclic amines) is 2. The summed E-state index contributed by atoms with van der Waals surface area (Å²) < 4.78 is 0. The van der Waals surface area contributed by atoms with Gasteiger partial charge in [-0.1, -0.05) is 0 Å². The second kappa shape index (κ2) is 5.12. The van der Waals surface area contributed by atoms with E-state index < -0.39 is 0 Å². The van der Waals surface area contributed by atoms with Crippen LogP contribution in [0.2, 0.25) is 0 Å². The Morgan fingerprint density at radius 1 is 1.33 bits per heavy atom. The van der Waals surface area contributed by atoms with Gasteiger partial charge >= 0.3 is 0 Å². The molecule has 0 spiro atoms. The SMILES string of the molecule is CN1CC2CC1CN2C(=O)c1n[nH]c2ccc(-c3nccs3)cc12. The Morgan fingerprint density at radius 2 is 2.25 bits per heavy atom. The van der Waals surface area contributed by atoms with Crippen molar-refractivity contribution in [2.75, 3.05) is 20.1 Å². The molecule has 2 aliphatic heterocycles. The summed E-state index contributed by atoms with van der Waals surface area (Å²) in [6.07, 6.45) is 2.87. The second-order valence-electron chi connectivity index (χ2n) is 6.61. The van der Waals surface area contributed by atoms with Gasteiger partial charge in [0.1, 0.15) is 5.01 Å². The average molecular weight is 339 g/mol. The Hall–Kier alpha value is -2.25. The molecule has 3 aromatic rings. The van der Waals surface area contributed by atoms with E-state index in [0.717, 1.165) is 41.0 Å². The van der Waals surface area contributed by atoms with Gasteiger partial charge in [-0.25, -0.2) is 4.98 Å². The number of hydrogen-bond acceptors (Lipinski definition) is 5. The summed E-state index contributed by atoms with van der Waals surface area (Å²) in [7, 11) is 2.14. The molecule has 1 amide bonds. The number of thiazole rings is 1. The van der Waals surface area contributed by atoms with Gasteiger partial charge in [0.15, 0.2) is 5.69 Å². The molecule has 0 aliphatic carbocycles. The van der Waals surface area contributed by atoms with Crippen molar-refractivity contribution in [1.29, 1.82) is 0 Å². The molecule has 0 radical (unpaired) electrons. The molecule has 2 aliphatic rings. The molecular weight excluding hydrogens is 322 g/mol. The van der Waals surface area contributed by atoms with Gasteiger partial charge in [-0.3, -0.25) is 14.8 Å². The summed E-state index contributed by atoms with van der Waals surface area (Å²) in [5, 5.41) is 11.1. The third kappa shape index (κ3) is 2.01. The van der Waals surface area contributed by atoms with E-state index in [9.17, 15) is 4.79 Å². The van der Waals surface area contributed by atoms with Gasteiger partial charge in [0.2, 0.25) is 0 Å². The maximum Gasteiger partial charge on any atom is 0.275 e. The van der Waals surface area contributed by atoms with E-state index in [1.165, 1.54) is 0 Å². The van der Waals surface area contributed by atoms with Crippen LogP contribution in [-0.2, 0) is 0 Å². The van der Waals surface area contributed by atoms with Crippen molar-refractivity contribution in [2.24, 2.45) is 0 Å². The first-order valence-electron chi connectivity index (χ1n) is 8.10. The summed E-state index contributed by atoms with van der Waals surface area (Å²) in [5.41, 5.74) is 2.44. The lowest BCUT2D eigenvalue weighted by atomic mass is 10.1. The number of H-pyrrole nitrogens is 1. The zero-order valence-corrected chi connectivity index (χ0v) is 14.1. The Bertz CT molecular complexity index is 916. The molecule has 6 nitrogen and oxygen atoms in total. The molecule has 2 unspecified atom stereocenters. The molecule has 2 atom stereocenters.